The standard InChI is InChI=1S/C13H16N4O3/c1-3-11(14)8(2)13-15-12(16-20-13)9-5-4-6-10(7-9)17(18)19/h4-8,11H,3,14H2,1-2H3. The molecular formula is C13H16N4O3. The van der Waals surface area contributed by atoms with Crippen molar-refractivity contribution < 1.29 is 9.45 Å². The van der Waals surface area contributed by atoms with E-state index >= 15 is 0 Å². The van der Waals surface area contributed by atoms with Gasteiger partial charge in [-0.2, -0.15) is 4.98 Å². The Hall–Kier alpha value is -2.28. The lowest BCUT2D eigenvalue weighted by molar-refractivity contribution is -0.384. The van der Waals surface area contributed by atoms with Gasteiger partial charge in [-0.25, -0.2) is 0 Å². The number of nitrogens with zero attached hydrogens (tertiary/aromatic N) is 3. The summed E-state index contributed by atoms with van der Waals surface area (Å²) < 4.78 is 5.19. The van der Waals surface area contributed by atoms with Crippen molar-refractivity contribution in [2.45, 2.75) is 32.2 Å². The van der Waals surface area contributed by atoms with E-state index in [2.05, 4.69) is 10.1 Å². The molecule has 0 aliphatic rings. The molecule has 7 nitrogen and oxygen atoms in total. The zero-order chi connectivity index (χ0) is 14.7. The Morgan fingerprint density at radius 3 is 2.90 bits per heavy atom. The summed E-state index contributed by atoms with van der Waals surface area (Å²) >= 11 is 0. The van der Waals surface area contributed by atoms with Crippen molar-refractivity contribution in [3.8, 4) is 11.4 Å². The molecule has 0 fully saturated rings. The van der Waals surface area contributed by atoms with E-state index in [-0.39, 0.29) is 17.6 Å². The van der Waals surface area contributed by atoms with Gasteiger partial charge in [-0.15, -0.1) is 0 Å². The van der Waals surface area contributed by atoms with Gasteiger partial charge in [0.2, 0.25) is 11.7 Å². The molecule has 7 heteroatoms. The molecule has 0 aliphatic heterocycles. The van der Waals surface area contributed by atoms with Crippen LogP contribution in [0.25, 0.3) is 11.4 Å². The van der Waals surface area contributed by atoms with Crippen molar-refractivity contribution >= 4 is 5.69 Å². The molecule has 2 rings (SSSR count). The predicted molar refractivity (Wildman–Crippen MR) is 73.1 cm³/mol. The van der Waals surface area contributed by atoms with Gasteiger partial charge in [0.25, 0.3) is 5.69 Å². The second kappa shape index (κ2) is 5.79. The fraction of sp³-hybridized carbons (Fsp3) is 0.385. The van der Waals surface area contributed by atoms with Crippen LogP contribution < -0.4 is 5.73 Å². The lowest BCUT2D eigenvalue weighted by Crippen LogP contribution is -2.25. The van der Waals surface area contributed by atoms with Gasteiger partial charge in [0, 0.05) is 23.7 Å². The molecule has 2 unspecified atom stereocenters. The van der Waals surface area contributed by atoms with E-state index in [1.54, 1.807) is 12.1 Å². The highest BCUT2D eigenvalue weighted by atomic mass is 16.6. The fourth-order valence-electron chi connectivity index (χ4n) is 1.83. The molecule has 1 heterocycles. The first-order valence-corrected chi connectivity index (χ1v) is 6.37. The third kappa shape index (κ3) is 2.83. The summed E-state index contributed by atoms with van der Waals surface area (Å²) in [5.74, 6) is 0.722. The van der Waals surface area contributed by atoms with Crippen molar-refractivity contribution in [3.05, 3.63) is 40.3 Å². The van der Waals surface area contributed by atoms with Gasteiger partial charge in [-0.05, 0) is 6.42 Å². The molecule has 2 aromatic rings. The molecule has 2 atom stereocenters. The molecule has 20 heavy (non-hydrogen) atoms. The van der Waals surface area contributed by atoms with Crippen molar-refractivity contribution in [2.24, 2.45) is 5.73 Å². The maximum atomic E-state index is 10.8. The number of hydrogen-bond acceptors (Lipinski definition) is 6. The Morgan fingerprint density at radius 1 is 1.50 bits per heavy atom. The zero-order valence-corrected chi connectivity index (χ0v) is 11.3. The van der Waals surface area contributed by atoms with Crippen LogP contribution in [0.1, 0.15) is 32.1 Å². The monoisotopic (exact) mass is 276 g/mol. The quantitative estimate of drug-likeness (QED) is 0.663. The third-order valence-corrected chi connectivity index (χ3v) is 3.26. The molecule has 0 radical (unpaired) electrons. The number of benzene rings is 1. The molecule has 0 saturated heterocycles. The molecule has 0 aliphatic carbocycles. The SMILES string of the molecule is CCC(N)C(C)c1nc(-c2cccc([N+](=O)[O-])c2)no1. The van der Waals surface area contributed by atoms with Crippen LogP contribution in [0.15, 0.2) is 28.8 Å². The van der Waals surface area contributed by atoms with Gasteiger partial charge in [-0.3, -0.25) is 10.1 Å². The Bertz CT molecular complexity index is 611. The van der Waals surface area contributed by atoms with Crippen molar-refractivity contribution in [2.75, 3.05) is 0 Å². The maximum Gasteiger partial charge on any atom is 0.270 e. The van der Waals surface area contributed by atoms with Crippen LogP contribution in [0, 0.1) is 10.1 Å². The molecule has 1 aromatic carbocycles. The van der Waals surface area contributed by atoms with Gasteiger partial charge in [0.1, 0.15) is 0 Å². The van der Waals surface area contributed by atoms with Crippen LogP contribution in [0.4, 0.5) is 5.69 Å². The molecular weight excluding hydrogens is 260 g/mol. The number of aromatic nitrogens is 2. The molecule has 106 valence electrons. The molecule has 0 spiro atoms. The second-order valence-corrected chi connectivity index (χ2v) is 4.62. The van der Waals surface area contributed by atoms with Gasteiger partial charge < -0.3 is 10.3 Å². The van der Waals surface area contributed by atoms with E-state index in [1.165, 1.54) is 12.1 Å². The highest BCUT2D eigenvalue weighted by molar-refractivity contribution is 5.58. The highest BCUT2D eigenvalue weighted by Gasteiger charge is 2.20. The summed E-state index contributed by atoms with van der Waals surface area (Å²) in [5.41, 5.74) is 6.48. The van der Waals surface area contributed by atoms with E-state index in [4.69, 9.17) is 10.3 Å². The highest BCUT2D eigenvalue weighted by Crippen LogP contribution is 2.24. The minimum Gasteiger partial charge on any atom is -0.339 e. The van der Waals surface area contributed by atoms with Gasteiger partial charge in [-0.1, -0.05) is 31.1 Å². The normalized spacial score (nSPS) is 13.9. The first kappa shape index (κ1) is 14.1. The maximum absolute atomic E-state index is 10.8. The minimum atomic E-state index is -0.458. The molecule has 0 saturated carbocycles. The number of rotatable bonds is 5. The molecule has 0 bridgehead atoms. The average molecular weight is 276 g/mol. The summed E-state index contributed by atoms with van der Waals surface area (Å²) in [6.07, 6.45) is 0.801. The largest absolute Gasteiger partial charge is 0.339 e. The van der Waals surface area contributed by atoms with Gasteiger partial charge >= 0.3 is 0 Å². The zero-order valence-electron chi connectivity index (χ0n) is 11.3. The number of nitro benzene ring substituents is 1. The van der Waals surface area contributed by atoms with Gasteiger partial charge in [0.05, 0.1) is 10.8 Å². The fourth-order valence-corrected chi connectivity index (χ4v) is 1.83. The van der Waals surface area contributed by atoms with Crippen LogP contribution in [0.3, 0.4) is 0 Å². The lowest BCUT2D eigenvalue weighted by atomic mass is 10.0. The number of non-ortho nitro benzene ring substituents is 1. The van der Waals surface area contributed by atoms with E-state index in [1.807, 2.05) is 13.8 Å². The van der Waals surface area contributed by atoms with E-state index in [0.29, 0.717) is 17.3 Å². The van der Waals surface area contributed by atoms with E-state index < -0.39 is 4.92 Å². The number of hydrogen-bond donors (Lipinski definition) is 1. The summed E-state index contributed by atoms with van der Waals surface area (Å²) in [6.45, 7) is 3.90. The average Bonchev–Trinajstić information content (AvgIpc) is 2.95. The minimum absolute atomic E-state index is 0.00726. The van der Waals surface area contributed by atoms with Crippen molar-refractivity contribution in [1.29, 1.82) is 0 Å². The van der Waals surface area contributed by atoms with Crippen LogP contribution in [-0.2, 0) is 0 Å². The van der Waals surface area contributed by atoms with Crippen LogP contribution in [-0.4, -0.2) is 21.1 Å². The molecule has 1 aromatic heterocycles. The number of nitro groups is 1. The van der Waals surface area contributed by atoms with E-state index in [9.17, 15) is 10.1 Å². The van der Waals surface area contributed by atoms with Crippen molar-refractivity contribution in [1.82, 2.24) is 10.1 Å². The third-order valence-electron chi connectivity index (χ3n) is 3.26. The summed E-state index contributed by atoms with van der Waals surface area (Å²) in [5, 5.41) is 14.6. The second-order valence-electron chi connectivity index (χ2n) is 4.62. The van der Waals surface area contributed by atoms with Crippen LogP contribution in [0.2, 0.25) is 0 Å². The predicted octanol–water partition coefficient (Wildman–Crippen LogP) is 2.49. The molecule has 2 N–H and O–H groups in total. The van der Waals surface area contributed by atoms with Crippen LogP contribution in [0.5, 0.6) is 0 Å². The summed E-state index contributed by atoms with van der Waals surface area (Å²) in [6, 6.07) is 6.06. The Kier molecular flexibility index (Phi) is 4.09. The summed E-state index contributed by atoms with van der Waals surface area (Å²) in [4.78, 5) is 14.6. The molecule has 0 amide bonds. The lowest BCUT2D eigenvalue weighted by Gasteiger charge is -2.13. The number of nitrogens with two attached hydrogens (primary N) is 1. The Morgan fingerprint density at radius 2 is 2.25 bits per heavy atom. The van der Waals surface area contributed by atoms with E-state index in [0.717, 1.165) is 6.42 Å². The first-order chi connectivity index (χ1) is 9.52. The van der Waals surface area contributed by atoms with Crippen molar-refractivity contribution in [3.63, 3.8) is 0 Å². The van der Waals surface area contributed by atoms with Crippen LogP contribution >= 0.6 is 0 Å². The Labute approximate surface area is 115 Å². The van der Waals surface area contributed by atoms with Gasteiger partial charge in [0.15, 0.2) is 0 Å². The Balaban J connectivity index is 2.29. The smallest absolute Gasteiger partial charge is 0.270 e. The first-order valence-electron chi connectivity index (χ1n) is 6.37. The topological polar surface area (TPSA) is 108 Å². The summed E-state index contributed by atoms with van der Waals surface area (Å²) in [7, 11) is 0.